The Labute approximate surface area is 185 Å². The first-order valence-electron chi connectivity index (χ1n) is 10.4. The van der Waals surface area contributed by atoms with Crippen LogP contribution in [0.4, 0.5) is 0 Å². The van der Waals surface area contributed by atoms with Crippen LogP contribution in [0.1, 0.15) is 22.8 Å². The minimum atomic E-state index is -1.47. The number of thioether (sulfide) groups is 1. The van der Waals surface area contributed by atoms with E-state index in [1.54, 1.807) is 6.07 Å². The summed E-state index contributed by atoms with van der Waals surface area (Å²) in [5.41, 5.74) is 2.88. The van der Waals surface area contributed by atoms with Crippen molar-refractivity contribution in [2.24, 2.45) is 0 Å². The molecule has 6 atom stereocenters. The van der Waals surface area contributed by atoms with Crippen molar-refractivity contribution in [3.8, 4) is 5.75 Å². The van der Waals surface area contributed by atoms with E-state index in [1.807, 2.05) is 36.0 Å². The van der Waals surface area contributed by atoms with Crippen molar-refractivity contribution in [3.63, 3.8) is 0 Å². The van der Waals surface area contributed by atoms with Gasteiger partial charge in [-0.05, 0) is 42.2 Å². The van der Waals surface area contributed by atoms with Gasteiger partial charge in [-0.1, -0.05) is 24.3 Å². The van der Waals surface area contributed by atoms with Gasteiger partial charge in [-0.25, -0.2) is 0 Å². The quantitative estimate of drug-likeness (QED) is 0.423. The van der Waals surface area contributed by atoms with E-state index < -0.39 is 37.1 Å². The SMILES string of the molecule is OCCOc1ccc(CC2Cc3ccccc3S2)cc1C1OC(CO)[C@@H](O)C(O)[C@H]1O. The summed E-state index contributed by atoms with van der Waals surface area (Å²) in [6.45, 7) is -0.602. The van der Waals surface area contributed by atoms with Gasteiger partial charge < -0.3 is 35.0 Å². The van der Waals surface area contributed by atoms with Crippen LogP contribution in [-0.4, -0.2) is 75.0 Å². The summed E-state index contributed by atoms with van der Waals surface area (Å²) in [4.78, 5) is 1.30. The van der Waals surface area contributed by atoms with E-state index in [0.717, 1.165) is 18.4 Å². The third-order valence-electron chi connectivity index (χ3n) is 5.80. The van der Waals surface area contributed by atoms with Crippen molar-refractivity contribution in [3.05, 3.63) is 59.2 Å². The molecule has 2 heterocycles. The van der Waals surface area contributed by atoms with Crippen molar-refractivity contribution < 1.29 is 35.0 Å². The van der Waals surface area contributed by atoms with E-state index in [1.165, 1.54) is 10.5 Å². The first kappa shape index (κ1) is 22.5. The summed E-state index contributed by atoms with van der Waals surface area (Å²) < 4.78 is 11.4. The maximum Gasteiger partial charge on any atom is 0.125 e. The molecule has 0 spiro atoms. The zero-order valence-electron chi connectivity index (χ0n) is 17.0. The number of benzene rings is 2. The van der Waals surface area contributed by atoms with Gasteiger partial charge in [0.2, 0.25) is 0 Å². The Morgan fingerprint density at radius 3 is 2.55 bits per heavy atom. The molecule has 0 radical (unpaired) electrons. The number of aliphatic hydroxyl groups excluding tert-OH is 5. The van der Waals surface area contributed by atoms with Crippen LogP contribution >= 0.6 is 11.8 Å². The standard InChI is InChI=1S/C23H28O7S/c24-7-8-29-17-6-5-13(9-15-11-14-3-1-2-4-19(14)31-15)10-16(17)23-22(28)21(27)20(26)18(12-25)30-23/h1-6,10,15,18,20-28H,7-9,11-12H2/t15?,18?,20-,21?,22-,23?/m1/s1. The minimum Gasteiger partial charge on any atom is -0.491 e. The van der Waals surface area contributed by atoms with Crippen LogP contribution in [0.15, 0.2) is 47.4 Å². The first-order chi connectivity index (χ1) is 15.0. The average molecular weight is 449 g/mol. The number of fused-ring (bicyclic) bond motifs is 1. The van der Waals surface area contributed by atoms with Crippen molar-refractivity contribution >= 4 is 11.8 Å². The Morgan fingerprint density at radius 1 is 1.00 bits per heavy atom. The lowest BCUT2D eigenvalue weighted by Gasteiger charge is -2.40. The van der Waals surface area contributed by atoms with Crippen molar-refractivity contribution in [1.29, 1.82) is 0 Å². The second-order valence-corrected chi connectivity index (χ2v) is 9.29. The lowest BCUT2D eigenvalue weighted by atomic mass is 9.89. The fourth-order valence-electron chi connectivity index (χ4n) is 4.22. The van der Waals surface area contributed by atoms with Crippen LogP contribution in [-0.2, 0) is 17.6 Å². The fourth-order valence-corrected chi connectivity index (χ4v) is 5.58. The molecule has 0 aromatic heterocycles. The highest BCUT2D eigenvalue weighted by molar-refractivity contribution is 8.00. The molecule has 4 rings (SSSR count). The summed E-state index contributed by atoms with van der Waals surface area (Å²) in [5, 5.41) is 50.0. The Kier molecular flexibility index (Phi) is 7.18. The number of hydrogen-bond acceptors (Lipinski definition) is 8. The monoisotopic (exact) mass is 448 g/mol. The van der Waals surface area contributed by atoms with Crippen LogP contribution in [0.2, 0.25) is 0 Å². The smallest absolute Gasteiger partial charge is 0.125 e. The molecule has 2 aromatic carbocycles. The van der Waals surface area contributed by atoms with Crippen LogP contribution in [0.25, 0.3) is 0 Å². The topological polar surface area (TPSA) is 120 Å². The molecule has 7 nitrogen and oxygen atoms in total. The van der Waals surface area contributed by atoms with Gasteiger partial charge in [-0.3, -0.25) is 0 Å². The molecule has 2 aliphatic rings. The molecule has 5 N–H and O–H groups in total. The highest BCUT2D eigenvalue weighted by Gasteiger charge is 2.45. The Hall–Kier alpha value is -1.65. The summed E-state index contributed by atoms with van der Waals surface area (Å²) in [6.07, 6.45) is -4.51. The molecule has 4 unspecified atom stereocenters. The second-order valence-electron chi connectivity index (χ2n) is 7.95. The van der Waals surface area contributed by atoms with Gasteiger partial charge in [-0.2, -0.15) is 0 Å². The highest BCUT2D eigenvalue weighted by Crippen LogP contribution is 2.41. The van der Waals surface area contributed by atoms with Gasteiger partial charge in [0.1, 0.15) is 42.9 Å². The predicted molar refractivity (Wildman–Crippen MR) is 115 cm³/mol. The summed E-state index contributed by atoms with van der Waals surface area (Å²) in [6, 6.07) is 14.0. The molecule has 2 aromatic rings. The minimum absolute atomic E-state index is 0.0670. The summed E-state index contributed by atoms with van der Waals surface area (Å²) >= 11 is 1.84. The zero-order valence-corrected chi connectivity index (χ0v) is 17.8. The number of rotatable bonds is 7. The van der Waals surface area contributed by atoms with Crippen LogP contribution < -0.4 is 4.74 Å². The highest BCUT2D eigenvalue weighted by atomic mass is 32.2. The van der Waals surface area contributed by atoms with Crippen molar-refractivity contribution in [1.82, 2.24) is 0 Å². The normalized spacial score (nSPS) is 30.2. The zero-order chi connectivity index (χ0) is 22.0. The molecule has 0 bridgehead atoms. The van der Waals surface area contributed by atoms with Crippen molar-refractivity contribution in [2.45, 2.75) is 53.5 Å². The molecule has 168 valence electrons. The number of ether oxygens (including phenoxy) is 2. The van der Waals surface area contributed by atoms with E-state index >= 15 is 0 Å². The largest absolute Gasteiger partial charge is 0.491 e. The van der Waals surface area contributed by atoms with Crippen LogP contribution in [0.5, 0.6) is 5.75 Å². The van der Waals surface area contributed by atoms with Gasteiger partial charge >= 0.3 is 0 Å². The van der Waals surface area contributed by atoms with Crippen LogP contribution in [0.3, 0.4) is 0 Å². The average Bonchev–Trinajstić information content (AvgIpc) is 3.19. The van der Waals surface area contributed by atoms with E-state index in [-0.39, 0.29) is 13.2 Å². The third-order valence-corrected chi connectivity index (χ3v) is 7.12. The molecule has 0 aliphatic carbocycles. The summed E-state index contributed by atoms with van der Waals surface area (Å²) in [5.74, 6) is 0.421. The molecule has 8 heteroatoms. The van der Waals surface area contributed by atoms with E-state index in [9.17, 15) is 20.4 Å². The van der Waals surface area contributed by atoms with Gasteiger partial charge in [0.05, 0.1) is 13.2 Å². The molecule has 31 heavy (non-hydrogen) atoms. The molecular weight excluding hydrogens is 420 g/mol. The molecule has 1 saturated heterocycles. The maximum absolute atomic E-state index is 10.6. The molecule has 0 saturated carbocycles. The predicted octanol–water partition coefficient (Wildman–Crippen LogP) is 0.832. The molecule has 1 fully saturated rings. The lowest BCUT2D eigenvalue weighted by molar-refractivity contribution is -0.232. The van der Waals surface area contributed by atoms with Crippen molar-refractivity contribution in [2.75, 3.05) is 19.8 Å². The molecule has 2 aliphatic heterocycles. The Bertz CT molecular complexity index is 865. The molecular formula is C23H28O7S. The van der Waals surface area contributed by atoms with Gasteiger partial charge in [0.25, 0.3) is 0 Å². The van der Waals surface area contributed by atoms with E-state index in [2.05, 4.69) is 12.1 Å². The van der Waals surface area contributed by atoms with Gasteiger partial charge in [0.15, 0.2) is 0 Å². The number of aliphatic hydroxyl groups is 5. The maximum atomic E-state index is 10.6. The molecule has 0 amide bonds. The van der Waals surface area contributed by atoms with Gasteiger partial charge in [0, 0.05) is 15.7 Å². The Balaban J connectivity index is 1.59. The first-order valence-corrected chi connectivity index (χ1v) is 11.3. The van der Waals surface area contributed by atoms with Gasteiger partial charge in [-0.15, -0.1) is 11.8 Å². The van der Waals surface area contributed by atoms with E-state index in [0.29, 0.717) is 16.6 Å². The van der Waals surface area contributed by atoms with E-state index in [4.69, 9.17) is 14.6 Å². The summed E-state index contributed by atoms with van der Waals surface area (Å²) in [7, 11) is 0. The Morgan fingerprint density at radius 2 is 1.81 bits per heavy atom. The third kappa shape index (κ3) is 4.75. The fraction of sp³-hybridized carbons (Fsp3) is 0.478. The second kappa shape index (κ2) is 9.87. The lowest BCUT2D eigenvalue weighted by Crippen LogP contribution is -2.55. The number of hydrogen-bond donors (Lipinski definition) is 5. The van der Waals surface area contributed by atoms with Crippen LogP contribution in [0, 0.1) is 0 Å².